The zero-order valence-corrected chi connectivity index (χ0v) is 12.1. The first-order valence-electron chi connectivity index (χ1n) is 7.43. The zero-order chi connectivity index (χ0) is 14.5. The van der Waals surface area contributed by atoms with Gasteiger partial charge in [0.1, 0.15) is 6.61 Å². The number of rotatable bonds is 11. The van der Waals surface area contributed by atoms with Gasteiger partial charge in [-0.1, -0.05) is 36.8 Å². The molecular weight excluding hydrogens is 252 g/mol. The predicted molar refractivity (Wildman–Crippen MR) is 81.2 cm³/mol. The van der Waals surface area contributed by atoms with E-state index in [9.17, 15) is 4.79 Å². The highest BCUT2D eigenvalue weighted by molar-refractivity contribution is 5.69. The van der Waals surface area contributed by atoms with Crippen LogP contribution in [0, 0.1) is 0 Å². The third kappa shape index (κ3) is 8.67. The Labute approximate surface area is 121 Å². The Bertz CT molecular complexity index is 355. The van der Waals surface area contributed by atoms with E-state index >= 15 is 0 Å². The lowest BCUT2D eigenvalue weighted by Gasteiger charge is -2.06. The average molecular weight is 278 g/mol. The van der Waals surface area contributed by atoms with Gasteiger partial charge in [-0.25, -0.2) is 0 Å². The normalized spacial score (nSPS) is 10.4. The van der Waals surface area contributed by atoms with Crippen LogP contribution in [0.2, 0.25) is 0 Å². The minimum atomic E-state index is -0.126. The van der Waals surface area contributed by atoms with Gasteiger partial charge in [-0.3, -0.25) is 4.79 Å². The van der Waals surface area contributed by atoms with Crippen LogP contribution in [0.3, 0.4) is 0 Å². The maximum Gasteiger partial charge on any atom is 0.306 e. The van der Waals surface area contributed by atoms with Crippen molar-refractivity contribution in [1.82, 2.24) is 5.32 Å². The standard InChI is InChI=1S/C16H26N2O2/c17-11-5-2-6-12-18-13-7-10-16(19)20-14-15-8-3-1-4-9-15/h1,3-4,8-9,18H,2,5-7,10-14,17H2. The summed E-state index contributed by atoms with van der Waals surface area (Å²) in [6.45, 7) is 3.00. The van der Waals surface area contributed by atoms with Crippen LogP contribution < -0.4 is 11.1 Å². The van der Waals surface area contributed by atoms with Gasteiger partial charge in [-0.15, -0.1) is 0 Å². The molecule has 0 heterocycles. The van der Waals surface area contributed by atoms with E-state index in [1.807, 2.05) is 30.3 Å². The van der Waals surface area contributed by atoms with Gasteiger partial charge in [0, 0.05) is 6.42 Å². The molecule has 112 valence electrons. The van der Waals surface area contributed by atoms with Crippen LogP contribution in [0.15, 0.2) is 30.3 Å². The van der Waals surface area contributed by atoms with Gasteiger partial charge < -0.3 is 15.8 Å². The number of benzene rings is 1. The molecule has 0 radical (unpaired) electrons. The quantitative estimate of drug-likeness (QED) is 0.481. The number of hydrogen-bond donors (Lipinski definition) is 2. The van der Waals surface area contributed by atoms with Gasteiger partial charge in [0.25, 0.3) is 0 Å². The molecule has 1 rings (SSSR count). The Morgan fingerprint density at radius 2 is 1.80 bits per heavy atom. The summed E-state index contributed by atoms with van der Waals surface area (Å²) in [5, 5.41) is 3.32. The minimum absolute atomic E-state index is 0.126. The molecule has 1 aromatic carbocycles. The summed E-state index contributed by atoms with van der Waals surface area (Å²) in [4.78, 5) is 11.5. The molecule has 0 aliphatic rings. The molecule has 0 saturated heterocycles. The fourth-order valence-corrected chi connectivity index (χ4v) is 1.86. The van der Waals surface area contributed by atoms with Gasteiger partial charge in [-0.2, -0.15) is 0 Å². The summed E-state index contributed by atoms with van der Waals surface area (Å²) < 4.78 is 5.21. The highest BCUT2D eigenvalue weighted by atomic mass is 16.5. The van der Waals surface area contributed by atoms with E-state index < -0.39 is 0 Å². The van der Waals surface area contributed by atoms with Gasteiger partial charge >= 0.3 is 5.97 Å². The molecule has 4 nitrogen and oxygen atoms in total. The second kappa shape index (κ2) is 11.4. The van der Waals surface area contributed by atoms with Crippen LogP contribution in [0.5, 0.6) is 0 Å². The first-order chi connectivity index (χ1) is 9.83. The first-order valence-corrected chi connectivity index (χ1v) is 7.43. The molecule has 0 amide bonds. The second-order valence-electron chi connectivity index (χ2n) is 4.85. The molecule has 0 aliphatic carbocycles. The highest BCUT2D eigenvalue weighted by Crippen LogP contribution is 2.02. The van der Waals surface area contributed by atoms with Gasteiger partial charge in [-0.05, 0) is 44.5 Å². The van der Waals surface area contributed by atoms with Crippen LogP contribution in [0.25, 0.3) is 0 Å². The molecule has 3 N–H and O–H groups in total. The predicted octanol–water partition coefficient (Wildman–Crippen LogP) is 2.23. The lowest BCUT2D eigenvalue weighted by Crippen LogP contribution is -2.18. The Morgan fingerprint density at radius 3 is 2.55 bits per heavy atom. The SMILES string of the molecule is NCCCCCNCCCC(=O)OCc1ccccc1. The molecule has 0 spiro atoms. The van der Waals surface area contributed by atoms with E-state index in [-0.39, 0.29) is 5.97 Å². The maximum atomic E-state index is 11.5. The molecule has 0 aromatic heterocycles. The lowest BCUT2D eigenvalue weighted by atomic mass is 10.2. The van der Waals surface area contributed by atoms with E-state index in [2.05, 4.69) is 5.32 Å². The Balaban J connectivity index is 1.93. The minimum Gasteiger partial charge on any atom is -0.461 e. The lowest BCUT2D eigenvalue weighted by molar-refractivity contribution is -0.145. The summed E-state index contributed by atoms with van der Waals surface area (Å²) in [5.74, 6) is -0.126. The Morgan fingerprint density at radius 1 is 1.05 bits per heavy atom. The Hall–Kier alpha value is -1.39. The summed E-state index contributed by atoms with van der Waals surface area (Å²) in [5.41, 5.74) is 6.45. The summed E-state index contributed by atoms with van der Waals surface area (Å²) in [7, 11) is 0. The van der Waals surface area contributed by atoms with E-state index in [1.165, 1.54) is 6.42 Å². The van der Waals surface area contributed by atoms with Crippen molar-refractivity contribution in [3.8, 4) is 0 Å². The Kier molecular flexibility index (Phi) is 9.53. The topological polar surface area (TPSA) is 64.3 Å². The second-order valence-corrected chi connectivity index (χ2v) is 4.85. The largest absolute Gasteiger partial charge is 0.461 e. The van der Waals surface area contributed by atoms with Crippen molar-refractivity contribution in [3.05, 3.63) is 35.9 Å². The number of hydrogen-bond acceptors (Lipinski definition) is 4. The van der Waals surface area contributed by atoms with Crippen LogP contribution in [0.4, 0.5) is 0 Å². The number of nitrogens with two attached hydrogens (primary N) is 1. The summed E-state index contributed by atoms with van der Waals surface area (Å²) in [6, 6.07) is 9.74. The number of unbranched alkanes of at least 4 members (excludes halogenated alkanes) is 2. The fraction of sp³-hybridized carbons (Fsp3) is 0.562. The van der Waals surface area contributed by atoms with Gasteiger partial charge in [0.2, 0.25) is 0 Å². The van der Waals surface area contributed by atoms with E-state index in [4.69, 9.17) is 10.5 Å². The third-order valence-corrected chi connectivity index (χ3v) is 3.03. The zero-order valence-electron chi connectivity index (χ0n) is 12.1. The summed E-state index contributed by atoms with van der Waals surface area (Å²) in [6.07, 6.45) is 4.71. The monoisotopic (exact) mass is 278 g/mol. The smallest absolute Gasteiger partial charge is 0.306 e. The molecule has 0 fully saturated rings. The molecule has 0 saturated carbocycles. The molecule has 4 heteroatoms. The first kappa shape index (κ1) is 16.7. The van der Waals surface area contributed by atoms with Crippen molar-refractivity contribution in [2.24, 2.45) is 5.73 Å². The van der Waals surface area contributed by atoms with E-state index in [0.717, 1.165) is 44.5 Å². The molecule has 0 unspecified atom stereocenters. The van der Waals surface area contributed by atoms with Crippen molar-refractivity contribution in [2.75, 3.05) is 19.6 Å². The van der Waals surface area contributed by atoms with E-state index in [1.54, 1.807) is 0 Å². The van der Waals surface area contributed by atoms with Crippen LogP contribution in [-0.4, -0.2) is 25.6 Å². The molecule has 0 bridgehead atoms. The van der Waals surface area contributed by atoms with E-state index in [0.29, 0.717) is 13.0 Å². The fourth-order valence-electron chi connectivity index (χ4n) is 1.86. The van der Waals surface area contributed by atoms with Crippen molar-refractivity contribution in [1.29, 1.82) is 0 Å². The molecule has 0 atom stereocenters. The van der Waals surface area contributed by atoms with Crippen LogP contribution in [-0.2, 0) is 16.1 Å². The number of esters is 1. The third-order valence-electron chi connectivity index (χ3n) is 3.03. The average Bonchev–Trinajstić information content (AvgIpc) is 2.49. The van der Waals surface area contributed by atoms with Crippen molar-refractivity contribution >= 4 is 5.97 Å². The van der Waals surface area contributed by atoms with Gasteiger partial charge in [0.05, 0.1) is 0 Å². The number of carbonyl (C=O) groups is 1. The number of ether oxygens (including phenoxy) is 1. The highest BCUT2D eigenvalue weighted by Gasteiger charge is 2.02. The van der Waals surface area contributed by atoms with Crippen molar-refractivity contribution in [3.63, 3.8) is 0 Å². The number of carbonyl (C=O) groups excluding carboxylic acids is 1. The van der Waals surface area contributed by atoms with Crippen molar-refractivity contribution < 1.29 is 9.53 Å². The maximum absolute atomic E-state index is 11.5. The van der Waals surface area contributed by atoms with Crippen molar-refractivity contribution in [2.45, 2.75) is 38.7 Å². The van der Waals surface area contributed by atoms with Crippen LogP contribution >= 0.6 is 0 Å². The summed E-state index contributed by atoms with van der Waals surface area (Å²) >= 11 is 0. The molecular formula is C16H26N2O2. The molecule has 0 aliphatic heterocycles. The molecule has 20 heavy (non-hydrogen) atoms. The molecule has 1 aromatic rings. The number of nitrogens with one attached hydrogen (secondary N) is 1. The van der Waals surface area contributed by atoms with Gasteiger partial charge in [0.15, 0.2) is 0 Å². The van der Waals surface area contributed by atoms with Crippen LogP contribution in [0.1, 0.15) is 37.7 Å².